The molecule has 1 aromatic heterocycles. The minimum Gasteiger partial charge on any atom is -0.494 e. The first-order valence-electron chi connectivity index (χ1n) is 10.1. The number of hydrogen-bond acceptors (Lipinski definition) is 5. The SMILES string of the molecule is Cc1ccc(S(=O)(=O)NCc2ccco2)cc1C(=O)NCCCCOc1ccc(F)cc1. The second-order valence-electron chi connectivity index (χ2n) is 7.15. The van der Waals surface area contributed by atoms with Gasteiger partial charge < -0.3 is 14.5 Å². The Kier molecular flexibility index (Phi) is 8.02. The Bertz CT molecular complexity index is 1130. The molecule has 0 spiro atoms. The van der Waals surface area contributed by atoms with Gasteiger partial charge in [0.05, 0.1) is 24.3 Å². The van der Waals surface area contributed by atoms with Gasteiger partial charge in [-0.25, -0.2) is 17.5 Å². The predicted molar refractivity (Wildman–Crippen MR) is 117 cm³/mol. The Morgan fingerprint density at radius 2 is 1.88 bits per heavy atom. The summed E-state index contributed by atoms with van der Waals surface area (Å²) in [7, 11) is -3.80. The summed E-state index contributed by atoms with van der Waals surface area (Å²) in [5.41, 5.74) is 0.973. The first kappa shape index (κ1) is 23.5. The van der Waals surface area contributed by atoms with Crippen LogP contribution in [0.25, 0.3) is 0 Å². The summed E-state index contributed by atoms with van der Waals surface area (Å²) in [5, 5.41) is 2.80. The van der Waals surface area contributed by atoms with Crippen LogP contribution in [0.5, 0.6) is 5.75 Å². The van der Waals surface area contributed by atoms with Crippen LogP contribution in [-0.4, -0.2) is 27.5 Å². The van der Waals surface area contributed by atoms with Gasteiger partial charge in [-0.3, -0.25) is 4.79 Å². The number of ether oxygens (including phenoxy) is 1. The van der Waals surface area contributed by atoms with Gasteiger partial charge in [0.2, 0.25) is 10.0 Å². The predicted octanol–water partition coefficient (Wildman–Crippen LogP) is 3.79. The van der Waals surface area contributed by atoms with E-state index in [0.717, 1.165) is 0 Å². The van der Waals surface area contributed by atoms with Crippen molar-refractivity contribution in [3.63, 3.8) is 0 Å². The molecule has 32 heavy (non-hydrogen) atoms. The zero-order valence-electron chi connectivity index (χ0n) is 17.6. The lowest BCUT2D eigenvalue weighted by Gasteiger charge is -2.11. The van der Waals surface area contributed by atoms with E-state index >= 15 is 0 Å². The summed E-state index contributed by atoms with van der Waals surface area (Å²) < 4.78 is 51.1. The van der Waals surface area contributed by atoms with Gasteiger partial charge in [0, 0.05) is 12.1 Å². The van der Waals surface area contributed by atoms with Crippen molar-refractivity contribution >= 4 is 15.9 Å². The number of rotatable bonds is 11. The van der Waals surface area contributed by atoms with Crippen LogP contribution in [-0.2, 0) is 16.6 Å². The molecule has 3 rings (SSSR count). The highest BCUT2D eigenvalue weighted by molar-refractivity contribution is 7.89. The van der Waals surface area contributed by atoms with Crippen LogP contribution in [0.4, 0.5) is 4.39 Å². The van der Waals surface area contributed by atoms with Gasteiger partial charge in [0.25, 0.3) is 5.91 Å². The van der Waals surface area contributed by atoms with Gasteiger partial charge in [0.15, 0.2) is 0 Å². The topological polar surface area (TPSA) is 97.6 Å². The number of amides is 1. The van der Waals surface area contributed by atoms with Crippen molar-refractivity contribution in [2.75, 3.05) is 13.2 Å². The quantitative estimate of drug-likeness (QED) is 0.424. The van der Waals surface area contributed by atoms with Crippen molar-refractivity contribution in [2.24, 2.45) is 0 Å². The first-order valence-corrected chi connectivity index (χ1v) is 11.6. The van der Waals surface area contributed by atoms with Crippen molar-refractivity contribution in [1.29, 1.82) is 0 Å². The van der Waals surface area contributed by atoms with Gasteiger partial charge >= 0.3 is 0 Å². The molecule has 0 fully saturated rings. The first-order chi connectivity index (χ1) is 15.3. The summed E-state index contributed by atoms with van der Waals surface area (Å²) in [5.74, 6) is 0.414. The van der Waals surface area contributed by atoms with Crippen molar-refractivity contribution < 1.29 is 26.8 Å². The highest BCUT2D eigenvalue weighted by Gasteiger charge is 2.18. The van der Waals surface area contributed by atoms with E-state index < -0.39 is 10.0 Å². The lowest BCUT2D eigenvalue weighted by atomic mass is 10.1. The normalized spacial score (nSPS) is 11.3. The van der Waals surface area contributed by atoms with Crippen molar-refractivity contribution in [2.45, 2.75) is 31.2 Å². The van der Waals surface area contributed by atoms with E-state index in [1.807, 2.05) is 0 Å². The van der Waals surface area contributed by atoms with Gasteiger partial charge in [-0.15, -0.1) is 0 Å². The number of aryl methyl sites for hydroxylation is 1. The van der Waals surface area contributed by atoms with Gasteiger partial charge in [-0.2, -0.15) is 0 Å². The number of carbonyl (C=O) groups is 1. The molecule has 0 aliphatic carbocycles. The average molecular weight is 461 g/mol. The summed E-state index contributed by atoms with van der Waals surface area (Å²) >= 11 is 0. The molecule has 170 valence electrons. The van der Waals surface area contributed by atoms with E-state index in [2.05, 4.69) is 10.0 Å². The van der Waals surface area contributed by atoms with Crippen LogP contribution in [0.15, 0.2) is 70.2 Å². The van der Waals surface area contributed by atoms with E-state index in [9.17, 15) is 17.6 Å². The molecule has 1 amide bonds. The molecule has 0 saturated heterocycles. The molecule has 2 N–H and O–H groups in total. The molecule has 0 saturated carbocycles. The Hall–Kier alpha value is -3.17. The summed E-state index contributed by atoms with van der Waals surface area (Å²) in [6, 6.07) is 13.6. The zero-order valence-corrected chi connectivity index (χ0v) is 18.5. The molecule has 0 atom stereocenters. The monoisotopic (exact) mass is 460 g/mol. The number of hydrogen-bond donors (Lipinski definition) is 2. The summed E-state index contributed by atoms with van der Waals surface area (Å²) in [6.45, 7) is 2.62. The fourth-order valence-electron chi connectivity index (χ4n) is 2.92. The molecule has 1 heterocycles. The van der Waals surface area contributed by atoms with Gasteiger partial charge in [0.1, 0.15) is 17.3 Å². The van der Waals surface area contributed by atoms with E-state index in [-0.39, 0.29) is 23.2 Å². The molecular formula is C23H25FN2O5S. The second kappa shape index (κ2) is 10.9. The molecule has 2 aromatic carbocycles. The van der Waals surface area contributed by atoms with Crippen molar-refractivity contribution in [3.8, 4) is 5.75 Å². The smallest absolute Gasteiger partial charge is 0.251 e. The Balaban J connectivity index is 1.48. The van der Waals surface area contributed by atoms with Gasteiger partial charge in [-0.1, -0.05) is 6.07 Å². The number of furan rings is 1. The van der Waals surface area contributed by atoms with Crippen LogP contribution in [0.2, 0.25) is 0 Å². The number of halogens is 1. The fourth-order valence-corrected chi connectivity index (χ4v) is 3.94. The van der Waals surface area contributed by atoms with Crippen molar-refractivity contribution in [3.05, 3.63) is 83.6 Å². The third-order valence-electron chi connectivity index (χ3n) is 4.72. The molecule has 0 radical (unpaired) electrons. The number of nitrogens with one attached hydrogen (secondary N) is 2. The maximum Gasteiger partial charge on any atom is 0.251 e. The molecule has 7 nitrogen and oxygen atoms in total. The van der Waals surface area contributed by atoms with Crippen LogP contribution in [0.1, 0.15) is 34.5 Å². The van der Waals surface area contributed by atoms with Gasteiger partial charge in [-0.05, 0) is 73.9 Å². The number of sulfonamides is 1. The number of unbranched alkanes of at least 4 members (excludes halogenated alkanes) is 1. The second-order valence-corrected chi connectivity index (χ2v) is 8.91. The standard InChI is InChI=1S/C23H25FN2O5S/c1-17-6-11-21(32(28,29)26-16-20-5-4-14-31-20)15-22(17)23(27)25-12-2-3-13-30-19-9-7-18(24)8-10-19/h4-11,14-15,26H,2-3,12-13,16H2,1H3,(H,25,27). The lowest BCUT2D eigenvalue weighted by Crippen LogP contribution is -2.27. The minimum absolute atomic E-state index is 0.00695. The highest BCUT2D eigenvalue weighted by atomic mass is 32.2. The molecule has 3 aromatic rings. The molecule has 0 aliphatic heterocycles. The van der Waals surface area contributed by atoms with Crippen LogP contribution in [0, 0.1) is 12.7 Å². The molecule has 0 bridgehead atoms. The van der Waals surface area contributed by atoms with Crippen molar-refractivity contribution in [1.82, 2.24) is 10.0 Å². The number of carbonyl (C=O) groups excluding carboxylic acids is 1. The molecular weight excluding hydrogens is 435 g/mol. The maximum absolute atomic E-state index is 12.9. The van der Waals surface area contributed by atoms with Crippen LogP contribution >= 0.6 is 0 Å². The lowest BCUT2D eigenvalue weighted by molar-refractivity contribution is 0.0951. The van der Waals surface area contributed by atoms with Crippen LogP contribution < -0.4 is 14.8 Å². The summed E-state index contributed by atoms with van der Waals surface area (Å²) in [4.78, 5) is 12.6. The number of benzene rings is 2. The Morgan fingerprint density at radius 3 is 2.59 bits per heavy atom. The molecule has 0 unspecified atom stereocenters. The van der Waals surface area contributed by atoms with Crippen LogP contribution in [0.3, 0.4) is 0 Å². The zero-order chi connectivity index (χ0) is 23.0. The van der Waals surface area contributed by atoms with E-state index in [4.69, 9.17) is 9.15 Å². The molecule has 0 aliphatic rings. The fraction of sp³-hybridized carbons (Fsp3) is 0.261. The van der Waals surface area contributed by atoms with E-state index in [0.29, 0.717) is 48.6 Å². The molecule has 9 heteroatoms. The third-order valence-corrected chi connectivity index (χ3v) is 6.12. The highest BCUT2D eigenvalue weighted by Crippen LogP contribution is 2.16. The Labute approximate surface area is 186 Å². The Morgan fingerprint density at radius 1 is 1.09 bits per heavy atom. The van der Waals surface area contributed by atoms with E-state index in [1.54, 1.807) is 37.3 Å². The third kappa shape index (κ3) is 6.66. The largest absolute Gasteiger partial charge is 0.494 e. The minimum atomic E-state index is -3.80. The maximum atomic E-state index is 12.9. The average Bonchev–Trinajstić information content (AvgIpc) is 3.30. The van der Waals surface area contributed by atoms with E-state index in [1.165, 1.54) is 30.5 Å². The summed E-state index contributed by atoms with van der Waals surface area (Å²) in [6.07, 6.45) is 2.84.